The van der Waals surface area contributed by atoms with E-state index in [0.717, 1.165) is 44.0 Å². The van der Waals surface area contributed by atoms with E-state index in [1.165, 1.54) is 43.2 Å². The van der Waals surface area contributed by atoms with Gasteiger partial charge in [-0.3, -0.25) is 4.99 Å². The van der Waals surface area contributed by atoms with Crippen LogP contribution in [0.25, 0.3) is 0 Å². The van der Waals surface area contributed by atoms with E-state index in [9.17, 15) is 0 Å². The Hall–Kier alpha value is -2.29. The number of nitrogens with zero attached hydrogens (tertiary/aromatic N) is 1. The zero-order valence-corrected chi connectivity index (χ0v) is 17.2. The Balaban J connectivity index is 1.77. The summed E-state index contributed by atoms with van der Waals surface area (Å²) >= 11 is 0. The van der Waals surface area contributed by atoms with Crippen LogP contribution in [0.2, 0.25) is 0 Å². The first kappa shape index (κ1) is 20.4. The summed E-state index contributed by atoms with van der Waals surface area (Å²) < 4.78 is 5.84. The van der Waals surface area contributed by atoms with Crippen molar-refractivity contribution in [1.29, 1.82) is 0 Å². The second-order valence-electron chi connectivity index (χ2n) is 7.61. The highest BCUT2D eigenvalue weighted by Gasteiger charge is 2.16. The monoisotopic (exact) mass is 378 g/mol. The van der Waals surface area contributed by atoms with Crippen LogP contribution in [0.4, 0.5) is 0 Å². The molecule has 1 atom stereocenters. The van der Waals surface area contributed by atoms with Crippen molar-refractivity contribution in [2.45, 2.75) is 64.3 Å². The molecule has 1 N–H and O–H groups in total. The summed E-state index contributed by atoms with van der Waals surface area (Å²) in [7, 11) is 0. The molecule has 2 aromatic carbocycles. The van der Waals surface area contributed by atoms with Crippen molar-refractivity contribution in [2.75, 3.05) is 13.2 Å². The molecule has 0 radical (unpaired) electrons. The Morgan fingerprint density at radius 1 is 0.893 bits per heavy atom. The number of hydrogen-bond donors (Lipinski definition) is 1. The quantitative estimate of drug-likeness (QED) is 0.574. The van der Waals surface area contributed by atoms with E-state index < -0.39 is 0 Å². The molecule has 0 fully saturated rings. The molecule has 28 heavy (non-hydrogen) atoms. The van der Waals surface area contributed by atoms with Crippen molar-refractivity contribution in [2.24, 2.45) is 4.99 Å². The van der Waals surface area contributed by atoms with Crippen molar-refractivity contribution < 1.29 is 4.74 Å². The zero-order chi connectivity index (χ0) is 19.4. The number of ether oxygens (including phenoxy) is 1. The third-order valence-corrected chi connectivity index (χ3v) is 5.30. The van der Waals surface area contributed by atoms with Gasteiger partial charge in [0.25, 0.3) is 0 Å². The number of aliphatic imine (C=N–C) groups is 1. The smallest absolute Gasteiger partial charge is 0.119 e. The minimum atomic E-state index is 0.116. The fraction of sp³-hybridized carbons (Fsp3) is 0.480. The van der Waals surface area contributed by atoms with Gasteiger partial charge < -0.3 is 10.1 Å². The Morgan fingerprint density at radius 3 is 2.39 bits per heavy atom. The first-order valence-corrected chi connectivity index (χ1v) is 10.9. The van der Waals surface area contributed by atoms with Gasteiger partial charge in [-0.1, -0.05) is 75.1 Å². The van der Waals surface area contributed by atoms with Crippen LogP contribution in [0.5, 0.6) is 5.75 Å². The minimum absolute atomic E-state index is 0.116. The first-order chi connectivity index (χ1) is 13.9. The number of benzene rings is 2. The van der Waals surface area contributed by atoms with E-state index >= 15 is 0 Å². The van der Waals surface area contributed by atoms with Gasteiger partial charge in [0.1, 0.15) is 5.75 Å². The van der Waals surface area contributed by atoms with Crippen molar-refractivity contribution in [3.8, 4) is 5.75 Å². The minimum Gasteiger partial charge on any atom is -0.494 e. The van der Waals surface area contributed by atoms with Crippen LogP contribution < -0.4 is 10.1 Å². The molecule has 0 amide bonds. The molecular weight excluding hydrogens is 344 g/mol. The third kappa shape index (κ3) is 6.40. The summed E-state index contributed by atoms with van der Waals surface area (Å²) in [4.78, 5) is 4.88. The SMILES string of the molecule is CCCCOc1ccc(C(NC2=NCCCCCCC2)c2ccccc2)cc1. The van der Waals surface area contributed by atoms with Gasteiger partial charge in [-0.05, 0) is 42.5 Å². The normalized spacial score (nSPS) is 16.2. The van der Waals surface area contributed by atoms with Crippen LogP contribution in [-0.4, -0.2) is 19.0 Å². The number of amidine groups is 1. The molecule has 0 bridgehead atoms. The van der Waals surface area contributed by atoms with E-state index in [4.69, 9.17) is 9.73 Å². The van der Waals surface area contributed by atoms with E-state index in [1.807, 2.05) is 0 Å². The number of unbranched alkanes of at least 4 members (excludes halogenated alkanes) is 1. The highest BCUT2D eigenvalue weighted by Crippen LogP contribution is 2.25. The third-order valence-electron chi connectivity index (χ3n) is 5.30. The lowest BCUT2D eigenvalue weighted by atomic mass is 9.98. The van der Waals surface area contributed by atoms with Gasteiger partial charge in [0.2, 0.25) is 0 Å². The summed E-state index contributed by atoms with van der Waals surface area (Å²) in [5.41, 5.74) is 2.52. The van der Waals surface area contributed by atoms with E-state index in [0.29, 0.717) is 0 Å². The first-order valence-electron chi connectivity index (χ1n) is 10.9. The number of hydrogen-bond acceptors (Lipinski definition) is 3. The summed E-state index contributed by atoms with van der Waals surface area (Å²) in [5.74, 6) is 2.10. The van der Waals surface area contributed by atoms with Gasteiger partial charge in [0.15, 0.2) is 0 Å². The molecule has 3 nitrogen and oxygen atoms in total. The molecule has 0 aromatic heterocycles. The van der Waals surface area contributed by atoms with E-state index in [2.05, 4.69) is 66.8 Å². The second-order valence-corrected chi connectivity index (χ2v) is 7.61. The van der Waals surface area contributed by atoms with Crippen LogP contribution in [0.15, 0.2) is 59.6 Å². The fourth-order valence-electron chi connectivity index (χ4n) is 3.61. The van der Waals surface area contributed by atoms with Gasteiger partial charge in [0, 0.05) is 13.0 Å². The molecule has 150 valence electrons. The average molecular weight is 379 g/mol. The maximum Gasteiger partial charge on any atom is 0.119 e. The number of nitrogens with one attached hydrogen (secondary N) is 1. The topological polar surface area (TPSA) is 33.6 Å². The van der Waals surface area contributed by atoms with Gasteiger partial charge in [0.05, 0.1) is 18.5 Å². The molecule has 1 aliphatic rings. The largest absolute Gasteiger partial charge is 0.494 e. The van der Waals surface area contributed by atoms with Crippen LogP contribution in [0, 0.1) is 0 Å². The van der Waals surface area contributed by atoms with E-state index in [-0.39, 0.29) is 6.04 Å². The Morgan fingerprint density at radius 2 is 1.61 bits per heavy atom. The highest BCUT2D eigenvalue weighted by molar-refractivity contribution is 5.83. The lowest BCUT2D eigenvalue weighted by Gasteiger charge is -2.22. The lowest BCUT2D eigenvalue weighted by Crippen LogP contribution is -2.29. The molecule has 2 aromatic rings. The van der Waals surface area contributed by atoms with Gasteiger partial charge in [-0.2, -0.15) is 0 Å². The second kappa shape index (κ2) is 11.5. The van der Waals surface area contributed by atoms with Crippen molar-refractivity contribution in [3.63, 3.8) is 0 Å². The van der Waals surface area contributed by atoms with Gasteiger partial charge in [-0.25, -0.2) is 0 Å². The van der Waals surface area contributed by atoms with Crippen molar-refractivity contribution in [3.05, 3.63) is 65.7 Å². The molecule has 0 saturated carbocycles. The van der Waals surface area contributed by atoms with Crippen LogP contribution in [0.3, 0.4) is 0 Å². The van der Waals surface area contributed by atoms with Crippen molar-refractivity contribution >= 4 is 5.84 Å². The predicted molar refractivity (Wildman–Crippen MR) is 118 cm³/mol. The predicted octanol–water partition coefficient (Wildman–Crippen LogP) is 6.30. The highest BCUT2D eigenvalue weighted by atomic mass is 16.5. The van der Waals surface area contributed by atoms with Gasteiger partial charge in [-0.15, -0.1) is 0 Å². The standard InChI is InChI=1S/C25H34N2O/c1-2-3-20-28-23-17-15-22(16-18-23)25(21-12-8-7-9-13-21)27-24-14-10-5-4-6-11-19-26-24/h7-9,12-13,15-18,25H,2-6,10-11,14,19-20H2,1H3,(H,26,27). The van der Waals surface area contributed by atoms with Gasteiger partial charge >= 0.3 is 0 Å². The lowest BCUT2D eigenvalue weighted by molar-refractivity contribution is 0.309. The zero-order valence-electron chi connectivity index (χ0n) is 17.2. The fourth-order valence-corrected chi connectivity index (χ4v) is 3.61. The molecule has 1 unspecified atom stereocenters. The molecule has 0 aliphatic carbocycles. The Kier molecular flexibility index (Phi) is 8.42. The Bertz CT molecular complexity index is 709. The molecule has 1 heterocycles. The molecule has 3 rings (SSSR count). The summed E-state index contributed by atoms with van der Waals surface area (Å²) in [6.45, 7) is 3.91. The molecule has 0 spiro atoms. The Labute approximate surface area is 170 Å². The number of rotatable bonds is 7. The molecular formula is C25H34N2O. The average Bonchev–Trinajstić information content (AvgIpc) is 2.87. The van der Waals surface area contributed by atoms with E-state index in [1.54, 1.807) is 0 Å². The van der Waals surface area contributed by atoms with Crippen LogP contribution in [-0.2, 0) is 0 Å². The van der Waals surface area contributed by atoms with Crippen molar-refractivity contribution in [1.82, 2.24) is 5.32 Å². The summed E-state index contributed by atoms with van der Waals surface area (Å²) in [6.07, 6.45) is 9.66. The molecule has 0 saturated heterocycles. The maximum atomic E-state index is 5.84. The molecule has 1 aliphatic heterocycles. The van der Waals surface area contributed by atoms with Crippen LogP contribution in [0.1, 0.15) is 75.5 Å². The molecule has 3 heteroatoms. The van der Waals surface area contributed by atoms with Crippen LogP contribution >= 0.6 is 0 Å². The maximum absolute atomic E-state index is 5.84. The summed E-state index contributed by atoms with van der Waals surface area (Å²) in [5, 5.41) is 3.77. The summed E-state index contributed by atoms with van der Waals surface area (Å²) in [6, 6.07) is 19.3.